The van der Waals surface area contributed by atoms with Gasteiger partial charge in [0.15, 0.2) is 0 Å². The Labute approximate surface area is 134 Å². The zero-order valence-electron chi connectivity index (χ0n) is 12.5. The SMILES string of the molecule is Cc1ccc(CS(=O)(=O)Nc2ccc3ncccc3c2)cc1F. The van der Waals surface area contributed by atoms with E-state index in [-0.39, 0.29) is 5.75 Å². The molecule has 1 aromatic heterocycles. The molecule has 0 fully saturated rings. The van der Waals surface area contributed by atoms with Crippen LogP contribution in [0.25, 0.3) is 10.9 Å². The first kappa shape index (κ1) is 15.4. The van der Waals surface area contributed by atoms with Gasteiger partial charge in [-0.05, 0) is 48.4 Å². The number of halogens is 1. The number of pyridine rings is 1. The summed E-state index contributed by atoms with van der Waals surface area (Å²) in [4.78, 5) is 4.19. The molecule has 0 saturated carbocycles. The highest BCUT2D eigenvalue weighted by molar-refractivity contribution is 7.91. The van der Waals surface area contributed by atoms with Crippen molar-refractivity contribution in [2.45, 2.75) is 12.7 Å². The maximum absolute atomic E-state index is 13.5. The summed E-state index contributed by atoms with van der Waals surface area (Å²) in [5.74, 6) is -0.690. The van der Waals surface area contributed by atoms with Crippen LogP contribution in [0.3, 0.4) is 0 Å². The van der Waals surface area contributed by atoms with Crippen molar-refractivity contribution < 1.29 is 12.8 Å². The van der Waals surface area contributed by atoms with Crippen LogP contribution < -0.4 is 4.72 Å². The summed E-state index contributed by atoms with van der Waals surface area (Å²) in [6.45, 7) is 1.63. The predicted octanol–water partition coefficient (Wildman–Crippen LogP) is 3.62. The normalized spacial score (nSPS) is 11.6. The van der Waals surface area contributed by atoms with Crippen molar-refractivity contribution in [2.75, 3.05) is 4.72 Å². The Morgan fingerprint density at radius 1 is 1.13 bits per heavy atom. The summed E-state index contributed by atoms with van der Waals surface area (Å²) in [6, 6.07) is 13.2. The van der Waals surface area contributed by atoms with Crippen LogP contribution in [-0.4, -0.2) is 13.4 Å². The van der Waals surface area contributed by atoms with E-state index in [1.807, 2.05) is 6.07 Å². The largest absolute Gasteiger partial charge is 0.283 e. The third-order valence-electron chi connectivity index (χ3n) is 3.47. The summed E-state index contributed by atoms with van der Waals surface area (Å²) in [5, 5.41) is 0.842. The van der Waals surface area contributed by atoms with Crippen LogP contribution >= 0.6 is 0 Å². The number of anilines is 1. The summed E-state index contributed by atoms with van der Waals surface area (Å²) < 4.78 is 40.6. The van der Waals surface area contributed by atoms with Crippen LogP contribution in [0.2, 0.25) is 0 Å². The molecule has 0 aliphatic rings. The average molecular weight is 330 g/mol. The standard InChI is InChI=1S/C17H15FN2O2S/c1-12-4-5-13(9-16(12)18)11-23(21,22)20-15-6-7-17-14(10-15)3-2-8-19-17/h2-10,20H,11H2,1H3. The Kier molecular flexibility index (Phi) is 4.00. The van der Waals surface area contributed by atoms with Gasteiger partial charge in [-0.2, -0.15) is 0 Å². The van der Waals surface area contributed by atoms with Crippen LogP contribution in [0, 0.1) is 12.7 Å². The van der Waals surface area contributed by atoms with Crippen molar-refractivity contribution in [3.05, 3.63) is 71.7 Å². The van der Waals surface area contributed by atoms with Gasteiger partial charge in [0, 0.05) is 17.3 Å². The van der Waals surface area contributed by atoms with E-state index >= 15 is 0 Å². The molecule has 1 N–H and O–H groups in total. The van der Waals surface area contributed by atoms with Crippen LogP contribution in [0.4, 0.5) is 10.1 Å². The van der Waals surface area contributed by atoms with Gasteiger partial charge >= 0.3 is 0 Å². The van der Waals surface area contributed by atoms with Gasteiger partial charge in [0.05, 0.1) is 11.3 Å². The molecule has 118 valence electrons. The average Bonchev–Trinajstić information content (AvgIpc) is 2.50. The molecule has 0 atom stereocenters. The van der Waals surface area contributed by atoms with Gasteiger partial charge in [-0.1, -0.05) is 18.2 Å². The van der Waals surface area contributed by atoms with Crippen LogP contribution in [0.1, 0.15) is 11.1 Å². The predicted molar refractivity (Wildman–Crippen MR) is 89.1 cm³/mol. The summed E-state index contributed by atoms with van der Waals surface area (Å²) in [6.07, 6.45) is 1.68. The second-order valence-corrected chi connectivity index (χ2v) is 7.08. The van der Waals surface area contributed by atoms with Gasteiger partial charge in [0.2, 0.25) is 10.0 Å². The van der Waals surface area contributed by atoms with E-state index in [2.05, 4.69) is 9.71 Å². The monoisotopic (exact) mass is 330 g/mol. The number of aromatic nitrogens is 1. The third-order valence-corrected chi connectivity index (χ3v) is 4.73. The zero-order valence-corrected chi connectivity index (χ0v) is 13.3. The quantitative estimate of drug-likeness (QED) is 0.795. The number of aryl methyl sites for hydroxylation is 1. The Morgan fingerprint density at radius 2 is 1.96 bits per heavy atom. The fraction of sp³-hybridized carbons (Fsp3) is 0.118. The molecule has 4 nitrogen and oxygen atoms in total. The lowest BCUT2D eigenvalue weighted by molar-refractivity contribution is 0.599. The number of nitrogens with one attached hydrogen (secondary N) is 1. The molecule has 0 amide bonds. The highest BCUT2D eigenvalue weighted by atomic mass is 32.2. The molecule has 0 saturated heterocycles. The van der Waals surface area contributed by atoms with E-state index in [0.717, 1.165) is 10.9 Å². The first-order valence-corrected chi connectivity index (χ1v) is 8.68. The van der Waals surface area contributed by atoms with E-state index in [1.54, 1.807) is 49.5 Å². The van der Waals surface area contributed by atoms with E-state index in [1.165, 1.54) is 6.07 Å². The van der Waals surface area contributed by atoms with Crippen molar-refractivity contribution in [3.8, 4) is 0 Å². The molecule has 23 heavy (non-hydrogen) atoms. The molecule has 0 unspecified atom stereocenters. The van der Waals surface area contributed by atoms with Crippen molar-refractivity contribution in [3.63, 3.8) is 0 Å². The number of hydrogen-bond acceptors (Lipinski definition) is 3. The zero-order chi connectivity index (χ0) is 16.4. The highest BCUT2D eigenvalue weighted by Crippen LogP contribution is 2.19. The second-order valence-electron chi connectivity index (χ2n) is 5.36. The number of fused-ring (bicyclic) bond motifs is 1. The number of rotatable bonds is 4. The highest BCUT2D eigenvalue weighted by Gasteiger charge is 2.13. The van der Waals surface area contributed by atoms with Crippen molar-refractivity contribution >= 4 is 26.6 Å². The van der Waals surface area contributed by atoms with Crippen LogP contribution in [0.15, 0.2) is 54.7 Å². The van der Waals surface area contributed by atoms with Gasteiger partial charge in [0.25, 0.3) is 0 Å². The number of benzene rings is 2. The van der Waals surface area contributed by atoms with Crippen molar-refractivity contribution in [2.24, 2.45) is 0 Å². The molecule has 3 rings (SSSR count). The maximum Gasteiger partial charge on any atom is 0.236 e. The second kappa shape index (κ2) is 5.96. The van der Waals surface area contributed by atoms with Crippen LogP contribution in [-0.2, 0) is 15.8 Å². The van der Waals surface area contributed by atoms with Crippen LogP contribution in [0.5, 0.6) is 0 Å². The minimum atomic E-state index is -3.62. The molecule has 0 radical (unpaired) electrons. The molecule has 3 aromatic rings. The summed E-state index contributed by atoms with van der Waals surface area (Å²) in [5.41, 5.74) is 2.14. The minimum absolute atomic E-state index is 0.282. The Balaban J connectivity index is 1.82. The lowest BCUT2D eigenvalue weighted by Crippen LogP contribution is -2.15. The molecule has 0 aliphatic carbocycles. The minimum Gasteiger partial charge on any atom is -0.283 e. The number of hydrogen-bond donors (Lipinski definition) is 1. The first-order chi connectivity index (χ1) is 10.9. The number of sulfonamides is 1. The molecule has 6 heteroatoms. The van der Waals surface area contributed by atoms with Gasteiger partial charge in [-0.3, -0.25) is 9.71 Å². The molecule has 0 spiro atoms. The first-order valence-electron chi connectivity index (χ1n) is 7.03. The fourth-order valence-corrected chi connectivity index (χ4v) is 3.48. The van der Waals surface area contributed by atoms with Crippen molar-refractivity contribution in [1.82, 2.24) is 4.98 Å². The lowest BCUT2D eigenvalue weighted by Gasteiger charge is -2.09. The molecule has 1 heterocycles. The fourth-order valence-electron chi connectivity index (χ4n) is 2.30. The topological polar surface area (TPSA) is 59.1 Å². The Bertz CT molecular complexity index is 971. The summed E-state index contributed by atoms with van der Waals surface area (Å²) in [7, 11) is -3.62. The van der Waals surface area contributed by atoms with Gasteiger partial charge < -0.3 is 0 Å². The molecule has 0 aliphatic heterocycles. The summed E-state index contributed by atoms with van der Waals surface area (Å²) >= 11 is 0. The number of nitrogens with zero attached hydrogens (tertiary/aromatic N) is 1. The van der Waals surface area contributed by atoms with Gasteiger partial charge in [0.1, 0.15) is 5.82 Å². The molecule has 0 bridgehead atoms. The van der Waals surface area contributed by atoms with E-state index in [9.17, 15) is 12.8 Å². The van der Waals surface area contributed by atoms with E-state index in [0.29, 0.717) is 16.8 Å². The molecule has 2 aromatic carbocycles. The maximum atomic E-state index is 13.5. The third kappa shape index (κ3) is 3.65. The van der Waals surface area contributed by atoms with Gasteiger partial charge in [-0.15, -0.1) is 0 Å². The van der Waals surface area contributed by atoms with Gasteiger partial charge in [-0.25, -0.2) is 12.8 Å². The lowest BCUT2D eigenvalue weighted by atomic mass is 10.2. The van der Waals surface area contributed by atoms with E-state index in [4.69, 9.17) is 0 Å². The Hall–Kier alpha value is -2.47. The molecular formula is C17H15FN2O2S. The van der Waals surface area contributed by atoms with E-state index < -0.39 is 15.8 Å². The molecular weight excluding hydrogens is 315 g/mol. The Morgan fingerprint density at radius 3 is 2.74 bits per heavy atom. The smallest absolute Gasteiger partial charge is 0.236 e. The van der Waals surface area contributed by atoms with Crippen molar-refractivity contribution in [1.29, 1.82) is 0 Å².